The van der Waals surface area contributed by atoms with Gasteiger partial charge < -0.3 is 21.7 Å². The van der Waals surface area contributed by atoms with Crippen molar-refractivity contribution >= 4 is 23.1 Å². The average Bonchev–Trinajstić information content (AvgIpc) is 3.25. The number of nitrogens with one attached hydrogen (secondary N) is 1. The Hall–Kier alpha value is -4.02. The normalized spacial score (nSPS) is 14.8. The number of piperidine rings is 1. The molecular formula is C26H30N8O2. The van der Waals surface area contributed by atoms with Gasteiger partial charge >= 0.3 is 5.69 Å². The van der Waals surface area contributed by atoms with Crippen LogP contribution in [0.1, 0.15) is 19.3 Å². The van der Waals surface area contributed by atoms with Crippen molar-refractivity contribution in [3.63, 3.8) is 0 Å². The summed E-state index contributed by atoms with van der Waals surface area (Å²) in [6.07, 6.45) is 4.27. The summed E-state index contributed by atoms with van der Waals surface area (Å²) in [6.45, 7) is 3.49. The van der Waals surface area contributed by atoms with Crippen LogP contribution in [0.15, 0.2) is 65.6 Å². The third kappa shape index (κ3) is 5.00. The summed E-state index contributed by atoms with van der Waals surface area (Å²) in [5.41, 5.74) is 14.5. The van der Waals surface area contributed by atoms with Gasteiger partial charge in [0.2, 0.25) is 11.6 Å². The van der Waals surface area contributed by atoms with Crippen molar-refractivity contribution in [1.82, 2.24) is 24.1 Å². The molecule has 0 atom stereocenters. The molecule has 1 aliphatic heterocycles. The molecular weight excluding hydrogens is 456 g/mol. The maximum absolute atomic E-state index is 13.0. The maximum Gasteiger partial charge on any atom is 0.355 e. The smallest absolute Gasteiger partial charge is 0.355 e. The lowest BCUT2D eigenvalue weighted by atomic mass is 9.97. The molecule has 0 saturated carbocycles. The summed E-state index contributed by atoms with van der Waals surface area (Å²) in [6, 6.07) is 16.5. The van der Waals surface area contributed by atoms with E-state index >= 15 is 0 Å². The largest absolute Gasteiger partial charge is 0.381 e. The molecule has 1 saturated heterocycles. The summed E-state index contributed by atoms with van der Waals surface area (Å²) >= 11 is 0. The predicted octanol–water partition coefficient (Wildman–Crippen LogP) is 2.13. The van der Waals surface area contributed by atoms with Crippen LogP contribution < -0.4 is 22.5 Å². The maximum atomic E-state index is 13.0. The first-order valence-corrected chi connectivity index (χ1v) is 12.2. The van der Waals surface area contributed by atoms with E-state index in [1.54, 1.807) is 18.3 Å². The van der Waals surface area contributed by atoms with Crippen LogP contribution in [0.3, 0.4) is 0 Å². The minimum atomic E-state index is -0.331. The number of fused-ring (bicyclic) bond motifs is 1. The van der Waals surface area contributed by atoms with Gasteiger partial charge in [-0.1, -0.05) is 30.3 Å². The first-order chi connectivity index (χ1) is 17.5. The number of aromatic nitrogens is 4. The van der Waals surface area contributed by atoms with Crippen molar-refractivity contribution in [3.8, 4) is 16.9 Å². The van der Waals surface area contributed by atoms with Crippen LogP contribution >= 0.6 is 0 Å². The van der Waals surface area contributed by atoms with Gasteiger partial charge in [-0.05, 0) is 62.7 Å². The van der Waals surface area contributed by atoms with Crippen LogP contribution in [0.2, 0.25) is 0 Å². The molecule has 5 rings (SSSR count). The van der Waals surface area contributed by atoms with Crippen molar-refractivity contribution < 1.29 is 4.79 Å². The van der Waals surface area contributed by atoms with E-state index in [0.717, 1.165) is 44.6 Å². The van der Waals surface area contributed by atoms with Gasteiger partial charge in [-0.15, -0.1) is 5.10 Å². The second-order valence-electron chi connectivity index (χ2n) is 9.13. The molecule has 0 spiro atoms. The van der Waals surface area contributed by atoms with Crippen LogP contribution in [0, 0.1) is 5.92 Å². The number of amides is 1. The molecule has 10 nitrogen and oxygen atoms in total. The van der Waals surface area contributed by atoms with E-state index in [2.05, 4.69) is 20.3 Å². The van der Waals surface area contributed by atoms with Gasteiger partial charge in [0.1, 0.15) is 0 Å². The van der Waals surface area contributed by atoms with Gasteiger partial charge in [0.15, 0.2) is 5.82 Å². The molecule has 4 aromatic rings. The third-order valence-electron chi connectivity index (χ3n) is 6.69. The number of rotatable bonds is 7. The van der Waals surface area contributed by atoms with Crippen molar-refractivity contribution in [1.29, 1.82) is 0 Å². The number of nitrogens with zero attached hydrogens (tertiary/aromatic N) is 5. The summed E-state index contributed by atoms with van der Waals surface area (Å²) in [4.78, 5) is 32.2. The Bertz CT molecular complexity index is 1400. The Morgan fingerprint density at radius 3 is 2.47 bits per heavy atom. The second kappa shape index (κ2) is 10.3. The first-order valence-electron chi connectivity index (χ1n) is 12.2. The Morgan fingerprint density at radius 1 is 1.06 bits per heavy atom. The minimum Gasteiger partial charge on any atom is -0.381 e. The zero-order valence-electron chi connectivity index (χ0n) is 20.0. The Labute approximate surface area is 208 Å². The van der Waals surface area contributed by atoms with Crippen LogP contribution in [-0.4, -0.2) is 56.2 Å². The molecule has 2 aromatic heterocycles. The number of carbonyl (C=O) groups is 1. The number of likely N-dealkylation sites (tertiary alicyclic amines) is 1. The number of benzene rings is 2. The number of nitrogen functional groups attached to an aromatic ring is 1. The van der Waals surface area contributed by atoms with Crippen LogP contribution in [0.4, 0.5) is 11.5 Å². The van der Waals surface area contributed by atoms with E-state index < -0.39 is 0 Å². The summed E-state index contributed by atoms with van der Waals surface area (Å²) in [7, 11) is 0. The lowest BCUT2D eigenvalue weighted by Crippen LogP contribution is -2.37. The van der Waals surface area contributed by atoms with Crippen molar-refractivity contribution in [2.75, 3.05) is 37.2 Å². The molecule has 0 bridgehead atoms. The summed E-state index contributed by atoms with van der Waals surface area (Å²) in [5, 5.41) is 7.30. The molecule has 0 aliphatic carbocycles. The molecule has 0 radical (unpaired) electrons. The molecule has 3 heterocycles. The van der Waals surface area contributed by atoms with Crippen LogP contribution in [0.5, 0.6) is 0 Å². The van der Waals surface area contributed by atoms with E-state index in [4.69, 9.17) is 11.5 Å². The molecule has 5 N–H and O–H groups in total. The average molecular weight is 487 g/mol. The number of hydrogen-bond donors (Lipinski definition) is 3. The highest BCUT2D eigenvalue weighted by Gasteiger charge is 2.18. The van der Waals surface area contributed by atoms with E-state index in [1.165, 1.54) is 9.08 Å². The summed E-state index contributed by atoms with van der Waals surface area (Å²) in [5.74, 6) is 0.748. The van der Waals surface area contributed by atoms with E-state index in [0.29, 0.717) is 35.1 Å². The SMILES string of the molecule is NCC1CCN(CCC(=O)Nc2ccc(-c3cn4c(=O)n(-c5ccccc5)nc4c(N)n3)cc2)CC1. The zero-order chi connectivity index (χ0) is 25.1. The molecule has 1 aliphatic rings. The fourth-order valence-corrected chi connectivity index (χ4v) is 4.53. The fraction of sp³-hybridized carbons (Fsp3) is 0.308. The highest BCUT2D eigenvalue weighted by molar-refractivity contribution is 5.91. The Balaban J connectivity index is 1.26. The van der Waals surface area contributed by atoms with Crippen molar-refractivity contribution in [3.05, 3.63) is 71.3 Å². The topological polar surface area (TPSA) is 137 Å². The number of para-hydroxylation sites is 1. The molecule has 1 fully saturated rings. The van der Waals surface area contributed by atoms with Crippen molar-refractivity contribution in [2.45, 2.75) is 19.3 Å². The Kier molecular flexibility index (Phi) is 6.79. The second-order valence-corrected chi connectivity index (χ2v) is 9.13. The summed E-state index contributed by atoms with van der Waals surface area (Å²) < 4.78 is 2.70. The standard InChI is InChI=1S/C26H30N8O2/c27-16-18-10-13-32(14-11-18)15-12-23(35)29-20-8-6-19(7-9-20)22-17-33-25(24(28)30-22)31-34(26(33)36)21-4-2-1-3-5-21/h1-9,17-18H,10-16,27H2,(H2,28,30)(H,29,35). The fourth-order valence-electron chi connectivity index (χ4n) is 4.53. The lowest BCUT2D eigenvalue weighted by Gasteiger charge is -2.31. The van der Waals surface area contributed by atoms with Gasteiger partial charge in [-0.25, -0.2) is 14.2 Å². The van der Waals surface area contributed by atoms with Crippen molar-refractivity contribution in [2.24, 2.45) is 11.7 Å². The lowest BCUT2D eigenvalue weighted by molar-refractivity contribution is -0.116. The molecule has 1 amide bonds. The van der Waals surface area contributed by atoms with Gasteiger partial charge in [0, 0.05) is 30.4 Å². The third-order valence-corrected chi connectivity index (χ3v) is 6.69. The van der Waals surface area contributed by atoms with Gasteiger partial charge in [-0.2, -0.15) is 4.68 Å². The number of nitrogens with two attached hydrogens (primary N) is 2. The quantitative estimate of drug-likeness (QED) is 0.364. The van der Waals surface area contributed by atoms with Gasteiger partial charge in [0.05, 0.1) is 11.4 Å². The van der Waals surface area contributed by atoms with E-state index in [-0.39, 0.29) is 17.4 Å². The van der Waals surface area contributed by atoms with Crippen LogP contribution in [0.25, 0.3) is 22.6 Å². The zero-order valence-corrected chi connectivity index (χ0v) is 20.0. The molecule has 10 heteroatoms. The molecule has 186 valence electrons. The monoisotopic (exact) mass is 486 g/mol. The number of carbonyl (C=O) groups excluding carboxylic acids is 1. The van der Waals surface area contributed by atoms with E-state index in [9.17, 15) is 9.59 Å². The molecule has 0 unspecified atom stereocenters. The first kappa shape index (κ1) is 23.7. The van der Waals surface area contributed by atoms with E-state index in [1.807, 2.05) is 42.5 Å². The van der Waals surface area contributed by atoms with Crippen LogP contribution in [-0.2, 0) is 4.79 Å². The highest BCUT2D eigenvalue weighted by atomic mass is 16.2. The Morgan fingerprint density at radius 2 is 1.78 bits per heavy atom. The molecule has 2 aromatic carbocycles. The minimum absolute atomic E-state index is 0.0210. The highest BCUT2D eigenvalue weighted by Crippen LogP contribution is 2.22. The number of hydrogen-bond acceptors (Lipinski definition) is 7. The van der Waals surface area contributed by atoms with Gasteiger partial charge in [0.25, 0.3) is 0 Å². The number of anilines is 2. The molecule has 36 heavy (non-hydrogen) atoms. The predicted molar refractivity (Wildman–Crippen MR) is 140 cm³/mol. The van der Waals surface area contributed by atoms with Gasteiger partial charge in [-0.3, -0.25) is 4.79 Å².